The Morgan fingerprint density at radius 2 is 1.63 bits per heavy atom. The summed E-state index contributed by atoms with van der Waals surface area (Å²) in [6, 6.07) is 35.7. The van der Waals surface area contributed by atoms with Gasteiger partial charge in [0.1, 0.15) is 19.0 Å². The number of hydrogen-bond donors (Lipinski definition) is 1. The van der Waals surface area contributed by atoms with E-state index in [1.807, 2.05) is 18.2 Å². The van der Waals surface area contributed by atoms with Crippen molar-refractivity contribution in [2.24, 2.45) is 5.41 Å². The van der Waals surface area contributed by atoms with Gasteiger partial charge in [-0.2, -0.15) is 0 Å². The smallest absolute Gasteiger partial charge is 0.407 e. The van der Waals surface area contributed by atoms with Gasteiger partial charge in [-0.1, -0.05) is 116 Å². The molecule has 7 nitrogen and oxygen atoms in total. The molecule has 0 bridgehead atoms. The maximum absolute atomic E-state index is 12.8. The molecule has 0 aliphatic carbocycles. The number of rotatable bonds is 14. The molecule has 1 aliphatic rings. The van der Waals surface area contributed by atoms with Gasteiger partial charge >= 0.3 is 12.1 Å². The Kier molecular flexibility index (Phi) is 11.4. The fraction of sp³-hybridized carbons (Fsp3) is 0.195. The number of nitrogens with zero attached hydrogens (tertiary/aromatic N) is 1. The van der Waals surface area contributed by atoms with Gasteiger partial charge in [0.15, 0.2) is 4.34 Å². The number of thiazole rings is 1. The zero-order valence-corrected chi connectivity index (χ0v) is 31.7. The Balaban J connectivity index is 1.18. The molecule has 11 heteroatoms. The molecule has 5 aromatic carbocycles. The fourth-order valence-corrected chi connectivity index (χ4v) is 10.5. The molecule has 1 aliphatic heterocycles. The van der Waals surface area contributed by atoms with Crippen LogP contribution in [0, 0.1) is 5.41 Å². The zero-order chi connectivity index (χ0) is 35.9. The SMILES string of the molecule is C=CC(=O)OCCNC(=O)OCC(CC)(COc1ccc2ccccc2c1-c1cccc2c1Sc1ccccc1S2)CSc1nc2ccccc2s1. The summed E-state index contributed by atoms with van der Waals surface area (Å²) in [4.78, 5) is 34.0. The highest BCUT2D eigenvalue weighted by Crippen LogP contribution is 2.53. The van der Waals surface area contributed by atoms with Gasteiger partial charge in [0.05, 0.1) is 23.4 Å². The van der Waals surface area contributed by atoms with Crippen LogP contribution in [0.25, 0.3) is 32.1 Å². The molecule has 6 aromatic rings. The predicted molar refractivity (Wildman–Crippen MR) is 213 cm³/mol. The van der Waals surface area contributed by atoms with E-state index in [0.717, 1.165) is 48.3 Å². The number of carbonyl (C=O) groups excluding carboxylic acids is 2. The van der Waals surface area contributed by atoms with Crippen molar-refractivity contribution in [1.82, 2.24) is 10.3 Å². The lowest BCUT2D eigenvalue weighted by Crippen LogP contribution is -2.39. The van der Waals surface area contributed by atoms with Crippen molar-refractivity contribution >= 4 is 79.7 Å². The lowest BCUT2D eigenvalue weighted by molar-refractivity contribution is -0.137. The Morgan fingerprint density at radius 1 is 0.865 bits per heavy atom. The first-order chi connectivity index (χ1) is 25.4. The zero-order valence-electron chi connectivity index (χ0n) is 28.5. The number of aromatic nitrogens is 1. The van der Waals surface area contributed by atoms with Crippen molar-refractivity contribution < 1.29 is 23.8 Å². The van der Waals surface area contributed by atoms with Gasteiger partial charge in [0.25, 0.3) is 0 Å². The van der Waals surface area contributed by atoms with E-state index in [2.05, 4.69) is 104 Å². The fourth-order valence-electron chi connectivity index (χ4n) is 5.82. The summed E-state index contributed by atoms with van der Waals surface area (Å²) in [5, 5.41) is 4.91. The number of esters is 1. The summed E-state index contributed by atoms with van der Waals surface area (Å²) >= 11 is 6.89. The molecule has 52 heavy (non-hydrogen) atoms. The van der Waals surface area contributed by atoms with Crippen molar-refractivity contribution in [3.63, 3.8) is 0 Å². The van der Waals surface area contributed by atoms with Crippen LogP contribution in [0.1, 0.15) is 13.3 Å². The summed E-state index contributed by atoms with van der Waals surface area (Å²) in [6.07, 6.45) is 1.18. The number of carbonyl (C=O) groups is 2. The van der Waals surface area contributed by atoms with Crippen LogP contribution in [0.15, 0.2) is 140 Å². The number of nitrogens with one attached hydrogen (secondary N) is 1. The van der Waals surface area contributed by atoms with Gasteiger partial charge in [-0.3, -0.25) is 0 Å². The van der Waals surface area contributed by atoms with Gasteiger partial charge in [0, 0.05) is 48.0 Å². The van der Waals surface area contributed by atoms with Gasteiger partial charge in [0.2, 0.25) is 0 Å². The van der Waals surface area contributed by atoms with Crippen molar-refractivity contribution in [3.05, 3.63) is 116 Å². The molecule has 264 valence electrons. The number of para-hydroxylation sites is 1. The first-order valence-corrected chi connectivity index (χ1v) is 20.3. The standard InChI is InChI=1S/C41H36N2O5S4/c1-3-36(44)46-23-22-42-39(45)48-25-41(4-2,26-49-40-43-30-15-7-8-16-32(30)52-40)24-47-31-21-20-27-12-5-6-13-28(27)37(31)29-14-11-19-35-38(29)51-34-18-10-9-17-33(34)50-35/h3,5-21H,1,4,22-26H2,2H3,(H,42,45). The molecule has 1 aromatic heterocycles. The van der Waals surface area contributed by atoms with E-state index < -0.39 is 17.5 Å². The number of ether oxygens (including phenoxy) is 3. The van der Waals surface area contributed by atoms with Crippen LogP contribution in [-0.4, -0.2) is 49.2 Å². The molecule has 0 spiro atoms. The summed E-state index contributed by atoms with van der Waals surface area (Å²) in [6.45, 7) is 6.05. The van der Waals surface area contributed by atoms with Crippen LogP contribution < -0.4 is 10.1 Å². The maximum atomic E-state index is 12.8. The molecule has 1 atom stereocenters. The van der Waals surface area contributed by atoms with Gasteiger partial charge in [-0.05, 0) is 53.6 Å². The predicted octanol–water partition coefficient (Wildman–Crippen LogP) is 10.8. The number of fused-ring (bicyclic) bond motifs is 4. The molecule has 0 saturated carbocycles. The highest BCUT2D eigenvalue weighted by Gasteiger charge is 2.33. The Hall–Kier alpha value is -4.42. The largest absolute Gasteiger partial charge is 0.492 e. The van der Waals surface area contributed by atoms with E-state index in [9.17, 15) is 9.59 Å². The lowest BCUT2D eigenvalue weighted by Gasteiger charge is -2.32. The third-order valence-electron chi connectivity index (χ3n) is 8.77. The second-order valence-electron chi connectivity index (χ2n) is 12.2. The molecule has 0 saturated heterocycles. The molecular weight excluding hydrogens is 729 g/mol. The van der Waals surface area contributed by atoms with E-state index >= 15 is 0 Å². The average Bonchev–Trinajstić information content (AvgIpc) is 3.61. The Labute approximate surface area is 319 Å². The Bertz CT molecular complexity index is 2220. The minimum absolute atomic E-state index is 0.0196. The van der Waals surface area contributed by atoms with Gasteiger partial charge in [-0.15, -0.1) is 11.3 Å². The first-order valence-electron chi connectivity index (χ1n) is 16.9. The van der Waals surface area contributed by atoms with Gasteiger partial charge in [-0.25, -0.2) is 14.6 Å². The molecule has 2 heterocycles. The second kappa shape index (κ2) is 16.5. The van der Waals surface area contributed by atoms with Crippen LogP contribution in [-0.2, 0) is 14.3 Å². The number of benzene rings is 5. The van der Waals surface area contributed by atoms with Crippen LogP contribution in [0.4, 0.5) is 4.79 Å². The molecule has 7 rings (SSSR count). The van der Waals surface area contributed by atoms with Crippen molar-refractivity contribution in [2.45, 2.75) is 37.3 Å². The topological polar surface area (TPSA) is 86.8 Å². The minimum Gasteiger partial charge on any atom is -0.492 e. The summed E-state index contributed by atoms with van der Waals surface area (Å²) in [7, 11) is 0. The van der Waals surface area contributed by atoms with Gasteiger partial charge < -0.3 is 19.5 Å². The van der Waals surface area contributed by atoms with E-state index in [0.29, 0.717) is 18.8 Å². The molecule has 0 fully saturated rings. The van der Waals surface area contributed by atoms with E-state index in [4.69, 9.17) is 19.2 Å². The molecule has 1 amide bonds. The molecule has 0 radical (unpaired) electrons. The van der Waals surface area contributed by atoms with Crippen LogP contribution in [0.5, 0.6) is 5.75 Å². The number of amides is 1. The summed E-state index contributed by atoms with van der Waals surface area (Å²) in [5.41, 5.74) is 2.57. The minimum atomic E-state index is -0.588. The quantitative estimate of drug-likeness (QED) is 0.0503. The first kappa shape index (κ1) is 36.0. The third kappa shape index (κ3) is 8.13. The molecule has 1 N–H and O–H groups in total. The van der Waals surface area contributed by atoms with Crippen LogP contribution in [0.2, 0.25) is 0 Å². The summed E-state index contributed by atoms with van der Waals surface area (Å²) in [5.74, 6) is 0.837. The number of hydrogen-bond acceptors (Lipinski definition) is 10. The maximum Gasteiger partial charge on any atom is 0.407 e. The normalized spacial score (nSPS) is 13.1. The Morgan fingerprint density at radius 3 is 2.46 bits per heavy atom. The molecular formula is C41H36N2O5S4. The van der Waals surface area contributed by atoms with Crippen molar-refractivity contribution in [3.8, 4) is 16.9 Å². The van der Waals surface area contributed by atoms with Crippen LogP contribution in [0.3, 0.4) is 0 Å². The highest BCUT2D eigenvalue weighted by molar-refractivity contribution is 8.05. The highest BCUT2D eigenvalue weighted by atomic mass is 32.2. The third-order valence-corrected chi connectivity index (χ3v) is 13.9. The van der Waals surface area contributed by atoms with Crippen molar-refractivity contribution in [1.29, 1.82) is 0 Å². The van der Waals surface area contributed by atoms with E-state index in [1.165, 1.54) is 19.6 Å². The average molecular weight is 765 g/mol. The monoisotopic (exact) mass is 764 g/mol. The summed E-state index contributed by atoms with van der Waals surface area (Å²) < 4.78 is 19.8. The van der Waals surface area contributed by atoms with Crippen molar-refractivity contribution in [2.75, 3.05) is 32.1 Å². The molecule has 1 unspecified atom stereocenters. The van der Waals surface area contributed by atoms with Crippen LogP contribution >= 0.6 is 46.6 Å². The number of alkyl carbamates (subject to hydrolysis) is 1. The number of thioether (sulfide) groups is 1. The lowest BCUT2D eigenvalue weighted by atomic mass is 9.89. The van der Waals surface area contributed by atoms with E-state index in [-0.39, 0.29) is 19.8 Å². The second-order valence-corrected chi connectivity index (χ2v) is 16.6. The van der Waals surface area contributed by atoms with E-state index in [1.54, 1.807) is 46.6 Å².